The minimum absolute atomic E-state index is 0.0777. The van der Waals surface area contributed by atoms with Crippen molar-refractivity contribution in [3.8, 4) is 5.75 Å². The third-order valence-corrected chi connectivity index (χ3v) is 5.73. The van der Waals surface area contributed by atoms with Crippen molar-refractivity contribution in [1.29, 1.82) is 0 Å². The van der Waals surface area contributed by atoms with Crippen LogP contribution in [0.3, 0.4) is 0 Å². The average Bonchev–Trinajstić information content (AvgIpc) is 3.29. The summed E-state index contributed by atoms with van der Waals surface area (Å²) in [5, 5.41) is 2.92. The van der Waals surface area contributed by atoms with Crippen molar-refractivity contribution in [3.05, 3.63) is 64.7 Å². The number of ether oxygens (including phenoxy) is 1. The average molecular weight is 387 g/mol. The normalized spacial score (nSPS) is 20.7. The smallest absolute Gasteiger partial charge is 0.220 e. The Hall–Kier alpha value is -2.43. The van der Waals surface area contributed by atoms with Gasteiger partial charge in [0.1, 0.15) is 17.4 Å². The van der Waals surface area contributed by atoms with Crippen molar-refractivity contribution in [2.45, 2.75) is 45.4 Å². The van der Waals surface area contributed by atoms with Crippen LogP contribution in [0, 0.1) is 31.4 Å². The maximum absolute atomic E-state index is 14.2. The monoisotopic (exact) mass is 387 g/mol. The number of aryl methyl sites for hydroxylation is 2. The quantitative estimate of drug-likeness (QED) is 0.659. The molecule has 1 aliphatic carbocycles. The molecule has 1 amide bonds. The Morgan fingerprint density at radius 3 is 2.50 bits per heavy atom. The van der Waals surface area contributed by atoms with Crippen molar-refractivity contribution in [2.75, 3.05) is 13.2 Å². The number of hydrogen-bond acceptors (Lipinski definition) is 2. The van der Waals surface area contributed by atoms with E-state index in [1.54, 1.807) is 0 Å². The zero-order valence-electron chi connectivity index (χ0n) is 16.6. The van der Waals surface area contributed by atoms with E-state index >= 15 is 0 Å². The molecule has 28 heavy (non-hydrogen) atoms. The summed E-state index contributed by atoms with van der Waals surface area (Å²) in [5.74, 6) is -0.0788. The summed E-state index contributed by atoms with van der Waals surface area (Å²) in [6.45, 7) is 6.85. The number of benzene rings is 2. The predicted octanol–water partition coefficient (Wildman–Crippen LogP) is 4.83. The zero-order chi connectivity index (χ0) is 20.3. The fraction of sp³-hybridized carbons (Fsp3) is 0.435. The van der Waals surface area contributed by atoms with E-state index < -0.39 is 17.0 Å². The summed E-state index contributed by atoms with van der Waals surface area (Å²) >= 11 is 0. The first-order chi connectivity index (χ1) is 13.3. The third-order valence-electron chi connectivity index (χ3n) is 5.73. The van der Waals surface area contributed by atoms with Crippen molar-refractivity contribution in [3.63, 3.8) is 0 Å². The first-order valence-electron chi connectivity index (χ1n) is 9.75. The molecule has 2 aromatic rings. The van der Waals surface area contributed by atoms with Gasteiger partial charge in [-0.2, -0.15) is 0 Å². The van der Waals surface area contributed by atoms with Crippen LogP contribution >= 0.6 is 0 Å². The molecule has 0 heterocycles. The maximum atomic E-state index is 14.2. The topological polar surface area (TPSA) is 38.3 Å². The maximum Gasteiger partial charge on any atom is 0.220 e. The van der Waals surface area contributed by atoms with Crippen LogP contribution < -0.4 is 10.1 Å². The van der Waals surface area contributed by atoms with Crippen molar-refractivity contribution >= 4 is 5.91 Å². The molecule has 1 fully saturated rings. The highest BCUT2D eigenvalue weighted by Gasteiger charge is 2.53. The van der Waals surface area contributed by atoms with Gasteiger partial charge in [-0.05, 0) is 55.4 Å². The molecule has 2 atom stereocenters. The van der Waals surface area contributed by atoms with Gasteiger partial charge in [0.15, 0.2) is 0 Å². The SMILES string of the molecule is Cc1cccc(C)c1OCCCC(=O)NCC1(c2ccc(F)cc2F)CC1C. The summed E-state index contributed by atoms with van der Waals surface area (Å²) in [6, 6.07) is 9.68. The Bertz CT molecular complexity index is 847. The van der Waals surface area contributed by atoms with E-state index in [1.165, 1.54) is 12.1 Å². The molecule has 1 saturated carbocycles. The molecule has 0 aromatic heterocycles. The van der Waals surface area contributed by atoms with Gasteiger partial charge in [-0.3, -0.25) is 4.79 Å². The number of carbonyl (C=O) groups is 1. The van der Waals surface area contributed by atoms with Gasteiger partial charge in [0.25, 0.3) is 0 Å². The van der Waals surface area contributed by atoms with Gasteiger partial charge in [0.2, 0.25) is 5.91 Å². The molecule has 2 unspecified atom stereocenters. The standard InChI is InChI=1S/C23H27F2NO2/c1-15-6-4-7-16(2)22(15)28-11-5-8-21(27)26-14-23(13-17(23)3)19-10-9-18(24)12-20(19)25/h4,6-7,9-10,12,17H,5,8,11,13-14H2,1-3H3,(H,26,27). The van der Waals surface area contributed by atoms with Crippen LogP contribution in [-0.4, -0.2) is 19.1 Å². The van der Waals surface area contributed by atoms with Crippen LogP contribution in [0.2, 0.25) is 0 Å². The van der Waals surface area contributed by atoms with E-state index in [9.17, 15) is 13.6 Å². The Balaban J connectivity index is 1.47. The predicted molar refractivity (Wildman–Crippen MR) is 105 cm³/mol. The highest BCUT2D eigenvalue weighted by molar-refractivity contribution is 5.76. The van der Waals surface area contributed by atoms with Gasteiger partial charge in [-0.25, -0.2) is 8.78 Å². The lowest BCUT2D eigenvalue weighted by Crippen LogP contribution is -2.33. The van der Waals surface area contributed by atoms with Crippen molar-refractivity contribution in [2.24, 2.45) is 5.92 Å². The van der Waals surface area contributed by atoms with E-state index in [1.807, 2.05) is 39.0 Å². The summed E-state index contributed by atoms with van der Waals surface area (Å²) < 4.78 is 33.2. The molecule has 0 bridgehead atoms. The number of nitrogens with one attached hydrogen (secondary N) is 1. The number of carbonyl (C=O) groups excluding carboxylic acids is 1. The van der Waals surface area contributed by atoms with Gasteiger partial charge < -0.3 is 10.1 Å². The van der Waals surface area contributed by atoms with Crippen LogP contribution in [0.15, 0.2) is 36.4 Å². The van der Waals surface area contributed by atoms with E-state index in [2.05, 4.69) is 5.32 Å². The molecule has 3 rings (SSSR count). The Morgan fingerprint density at radius 1 is 1.21 bits per heavy atom. The van der Waals surface area contributed by atoms with E-state index in [-0.39, 0.29) is 11.8 Å². The molecular weight excluding hydrogens is 360 g/mol. The number of para-hydroxylation sites is 1. The van der Waals surface area contributed by atoms with E-state index in [0.29, 0.717) is 31.6 Å². The Morgan fingerprint density at radius 2 is 1.89 bits per heavy atom. The lowest BCUT2D eigenvalue weighted by Gasteiger charge is -2.19. The molecule has 0 spiro atoms. The Kier molecular flexibility index (Phi) is 6.01. The van der Waals surface area contributed by atoms with Crippen LogP contribution in [0.1, 0.15) is 42.9 Å². The molecule has 0 radical (unpaired) electrons. The first kappa shape index (κ1) is 20.3. The highest BCUT2D eigenvalue weighted by Crippen LogP contribution is 2.54. The van der Waals surface area contributed by atoms with E-state index in [0.717, 1.165) is 29.4 Å². The number of rotatable bonds is 8. The van der Waals surface area contributed by atoms with Crippen LogP contribution in [0.4, 0.5) is 8.78 Å². The molecule has 2 aromatic carbocycles. The van der Waals surface area contributed by atoms with Crippen LogP contribution in [0.5, 0.6) is 5.75 Å². The minimum atomic E-state index is -0.586. The molecule has 0 saturated heterocycles. The molecule has 1 N–H and O–H groups in total. The van der Waals surface area contributed by atoms with Gasteiger partial charge in [-0.15, -0.1) is 0 Å². The molecule has 150 valence electrons. The molecule has 0 aliphatic heterocycles. The van der Waals surface area contributed by atoms with Crippen molar-refractivity contribution in [1.82, 2.24) is 5.32 Å². The van der Waals surface area contributed by atoms with Crippen LogP contribution in [0.25, 0.3) is 0 Å². The van der Waals surface area contributed by atoms with Crippen LogP contribution in [-0.2, 0) is 10.2 Å². The van der Waals surface area contributed by atoms with Gasteiger partial charge >= 0.3 is 0 Å². The second kappa shape index (κ2) is 8.29. The van der Waals surface area contributed by atoms with Gasteiger partial charge in [0, 0.05) is 24.4 Å². The molecule has 5 heteroatoms. The fourth-order valence-electron chi connectivity index (χ4n) is 3.88. The molecule has 3 nitrogen and oxygen atoms in total. The van der Waals surface area contributed by atoms with E-state index in [4.69, 9.17) is 4.74 Å². The molecule has 1 aliphatic rings. The fourth-order valence-corrected chi connectivity index (χ4v) is 3.88. The zero-order valence-corrected chi connectivity index (χ0v) is 16.6. The summed E-state index contributed by atoms with van der Waals surface area (Å²) in [4.78, 5) is 12.2. The van der Waals surface area contributed by atoms with Gasteiger partial charge in [0.05, 0.1) is 6.61 Å². The minimum Gasteiger partial charge on any atom is -0.493 e. The highest BCUT2D eigenvalue weighted by atomic mass is 19.1. The largest absolute Gasteiger partial charge is 0.493 e. The summed E-state index contributed by atoms with van der Waals surface area (Å²) in [5.41, 5.74) is 2.22. The second-order valence-corrected chi connectivity index (χ2v) is 7.84. The molecular formula is C23H27F2NO2. The number of hydrogen-bond donors (Lipinski definition) is 1. The number of halogens is 2. The first-order valence-corrected chi connectivity index (χ1v) is 9.75. The third kappa shape index (κ3) is 4.34. The lowest BCUT2D eigenvalue weighted by molar-refractivity contribution is -0.121. The van der Waals surface area contributed by atoms with Gasteiger partial charge in [-0.1, -0.05) is 31.2 Å². The second-order valence-electron chi connectivity index (χ2n) is 7.84. The lowest BCUT2D eigenvalue weighted by atomic mass is 9.92. The van der Waals surface area contributed by atoms with Crippen molar-refractivity contribution < 1.29 is 18.3 Å². The summed E-state index contributed by atoms with van der Waals surface area (Å²) in [7, 11) is 0. The Labute approximate surface area is 165 Å². The summed E-state index contributed by atoms with van der Waals surface area (Å²) in [6.07, 6.45) is 1.74. The number of amides is 1.